The van der Waals surface area contributed by atoms with Crippen LogP contribution in [0.15, 0.2) is 18.2 Å². The van der Waals surface area contributed by atoms with E-state index in [9.17, 15) is 9.50 Å². The van der Waals surface area contributed by atoms with Crippen molar-refractivity contribution in [3.63, 3.8) is 0 Å². The molecule has 0 aromatic heterocycles. The maximum atomic E-state index is 13.4. The predicted molar refractivity (Wildman–Crippen MR) is 79.5 cm³/mol. The molecule has 1 aromatic carbocycles. The smallest absolute Gasteiger partial charge is 0.165 e. The Bertz CT molecular complexity index is 411. The molecule has 1 rings (SSSR count). The maximum absolute atomic E-state index is 13.4. The number of hydrogen-bond donors (Lipinski definition) is 2. The fraction of sp³-hybridized carbons (Fsp3) is 0.625. The molecule has 3 nitrogen and oxygen atoms in total. The minimum Gasteiger partial charge on any atom is -0.494 e. The van der Waals surface area contributed by atoms with E-state index in [1.165, 1.54) is 13.2 Å². The fourth-order valence-electron chi connectivity index (χ4n) is 2.21. The van der Waals surface area contributed by atoms with Crippen LogP contribution in [-0.2, 0) is 0 Å². The molecule has 1 aromatic rings. The quantitative estimate of drug-likeness (QED) is 0.769. The van der Waals surface area contributed by atoms with E-state index in [-0.39, 0.29) is 29.6 Å². The zero-order valence-corrected chi connectivity index (χ0v) is 12.9. The van der Waals surface area contributed by atoms with Crippen molar-refractivity contribution >= 4 is 0 Å². The van der Waals surface area contributed by atoms with Gasteiger partial charge in [-0.15, -0.1) is 0 Å². The lowest BCUT2D eigenvalue weighted by atomic mass is 9.83. The summed E-state index contributed by atoms with van der Waals surface area (Å²) < 4.78 is 18.4. The molecule has 0 bridgehead atoms. The molecule has 1 unspecified atom stereocenters. The number of hydrogen-bond acceptors (Lipinski definition) is 3. The van der Waals surface area contributed by atoms with Crippen LogP contribution in [0.2, 0.25) is 0 Å². The average molecular weight is 283 g/mol. The van der Waals surface area contributed by atoms with Gasteiger partial charge in [-0.2, -0.15) is 0 Å². The first-order chi connectivity index (χ1) is 9.51. The Morgan fingerprint density at radius 2 is 2.00 bits per heavy atom. The van der Waals surface area contributed by atoms with Gasteiger partial charge in [-0.05, 0) is 37.5 Å². The molecule has 0 spiro atoms. The SMILES string of the molecule is CCC(CC)(CO)CNC(C)c1ccc(F)c(OC)c1. The molecule has 2 N–H and O–H groups in total. The lowest BCUT2D eigenvalue weighted by Gasteiger charge is -2.31. The lowest BCUT2D eigenvalue weighted by Crippen LogP contribution is -2.37. The Morgan fingerprint density at radius 3 is 2.50 bits per heavy atom. The number of rotatable bonds is 8. The summed E-state index contributed by atoms with van der Waals surface area (Å²) >= 11 is 0. The highest BCUT2D eigenvalue weighted by atomic mass is 19.1. The fourth-order valence-corrected chi connectivity index (χ4v) is 2.21. The van der Waals surface area contributed by atoms with Crippen LogP contribution in [0.25, 0.3) is 0 Å². The van der Waals surface area contributed by atoms with Gasteiger partial charge < -0.3 is 15.2 Å². The van der Waals surface area contributed by atoms with Crippen molar-refractivity contribution in [3.8, 4) is 5.75 Å². The van der Waals surface area contributed by atoms with Crippen molar-refractivity contribution < 1.29 is 14.2 Å². The Morgan fingerprint density at radius 1 is 1.35 bits per heavy atom. The van der Waals surface area contributed by atoms with Gasteiger partial charge >= 0.3 is 0 Å². The van der Waals surface area contributed by atoms with Crippen molar-refractivity contribution in [2.75, 3.05) is 20.3 Å². The Hall–Kier alpha value is -1.13. The van der Waals surface area contributed by atoms with Crippen molar-refractivity contribution in [1.29, 1.82) is 0 Å². The third kappa shape index (κ3) is 3.93. The first-order valence-electron chi connectivity index (χ1n) is 7.19. The summed E-state index contributed by atoms with van der Waals surface area (Å²) in [6.07, 6.45) is 1.85. The predicted octanol–water partition coefficient (Wildman–Crippen LogP) is 3.28. The van der Waals surface area contributed by atoms with E-state index in [0.717, 1.165) is 24.9 Å². The number of halogens is 1. The van der Waals surface area contributed by atoms with E-state index in [1.807, 2.05) is 6.92 Å². The van der Waals surface area contributed by atoms with Crippen LogP contribution in [0.3, 0.4) is 0 Å². The zero-order valence-electron chi connectivity index (χ0n) is 12.9. The van der Waals surface area contributed by atoms with Crippen LogP contribution in [-0.4, -0.2) is 25.4 Å². The second kappa shape index (κ2) is 7.60. The number of nitrogens with one attached hydrogen (secondary N) is 1. The molecule has 0 aliphatic heterocycles. The molecule has 1 atom stereocenters. The van der Waals surface area contributed by atoms with E-state index in [0.29, 0.717) is 0 Å². The second-order valence-corrected chi connectivity index (χ2v) is 5.36. The Labute approximate surface area is 121 Å². The monoisotopic (exact) mass is 283 g/mol. The second-order valence-electron chi connectivity index (χ2n) is 5.36. The van der Waals surface area contributed by atoms with Crippen LogP contribution in [0.5, 0.6) is 5.75 Å². The van der Waals surface area contributed by atoms with E-state index < -0.39 is 0 Å². The summed E-state index contributed by atoms with van der Waals surface area (Å²) in [6.45, 7) is 7.12. The van der Waals surface area contributed by atoms with Crippen LogP contribution in [0.1, 0.15) is 45.2 Å². The number of benzene rings is 1. The highest BCUT2D eigenvalue weighted by Gasteiger charge is 2.25. The van der Waals surface area contributed by atoms with E-state index in [4.69, 9.17) is 4.74 Å². The normalized spacial score (nSPS) is 13.3. The molecule has 0 aliphatic rings. The molecule has 0 radical (unpaired) electrons. The molecule has 0 saturated carbocycles. The molecule has 0 heterocycles. The number of aliphatic hydroxyl groups excluding tert-OH is 1. The molecular formula is C16H26FNO2. The molecule has 0 fully saturated rings. The van der Waals surface area contributed by atoms with Crippen LogP contribution in [0, 0.1) is 11.2 Å². The van der Waals surface area contributed by atoms with Crippen LogP contribution in [0.4, 0.5) is 4.39 Å². The Kier molecular flexibility index (Phi) is 6.43. The Balaban J connectivity index is 2.74. The van der Waals surface area contributed by atoms with Crippen LogP contribution >= 0.6 is 0 Å². The van der Waals surface area contributed by atoms with Gasteiger partial charge in [-0.3, -0.25) is 0 Å². The zero-order chi connectivity index (χ0) is 15.2. The average Bonchev–Trinajstić information content (AvgIpc) is 2.49. The number of aliphatic hydroxyl groups is 1. The van der Waals surface area contributed by atoms with Gasteiger partial charge in [-0.25, -0.2) is 4.39 Å². The van der Waals surface area contributed by atoms with Crippen LogP contribution < -0.4 is 10.1 Å². The lowest BCUT2D eigenvalue weighted by molar-refractivity contribution is 0.110. The molecule has 114 valence electrons. The van der Waals surface area contributed by atoms with Crippen molar-refractivity contribution in [1.82, 2.24) is 5.32 Å². The van der Waals surface area contributed by atoms with E-state index in [1.54, 1.807) is 12.1 Å². The van der Waals surface area contributed by atoms with Gasteiger partial charge in [0, 0.05) is 24.6 Å². The molecule has 20 heavy (non-hydrogen) atoms. The molecule has 4 heteroatoms. The summed E-state index contributed by atoms with van der Waals surface area (Å²) in [5, 5.41) is 13.0. The number of methoxy groups -OCH3 is 1. The van der Waals surface area contributed by atoms with Gasteiger partial charge in [0.1, 0.15) is 0 Å². The highest BCUT2D eigenvalue weighted by molar-refractivity contribution is 5.31. The van der Waals surface area contributed by atoms with E-state index in [2.05, 4.69) is 19.2 Å². The summed E-state index contributed by atoms with van der Waals surface area (Å²) in [5.74, 6) is -0.0918. The van der Waals surface area contributed by atoms with Gasteiger partial charge in [0.05, 0.1) is 7.11 Å². The summed E-state index contributed by atoms with van der Waals surface area (Å²) in [5.41, 5.74) is 0.889. The summed E-state index contributed by atoms with van der Waals surface area (Å²) in [7, 11) is 1.46. The third-order valence-corrected chi connectivity index (χ3v) is 4.29. The van der Waals surface area contributed by atoms with Crippen molar-refractivity contribution in [3.05, 3.63) is 29.6 Å². The van der Waals surface area contributed by atoms with Crippen molar-refractivity contribution in [2.45, 2.75) is 39.7 Å². The largest absolute Gasteiger partial charge is 0.494 e. The van der Waals surface area contributed by atoms with Crippen molar-refractivity contribution in [2.24, 2.45) is 5.41 Å². The summed E-state index contributed by atoms with van der Waals surface area (Å²) in [4.78, 5) is 0. The number of ether oxygens (including phenoxy) is 1. The first kappa shape index (κ1) is 16.9. The maximum Gasteiger partial charge on any atom is 0.165 e. The standard InChI is InChI=1S/C16H26FNO2/c1-5-16(6-2,11-19)10-18-12(3)13-7-8-14(17)15(9-13)20-4/h7-9,12,18-19H,5-6,10-11H2,1-4H3. The van der Waals surface area contributed by atoms with Gasteiger partial charge in [-0.1, -0.05) is 19.9 Å². The van der Waals surface area contributed by atoms with E-state index >= 15 is 0 Å². The van der Waals surface area contributed by atoms with Gasteiger partial charge in [0.15, 0.2) is 11.6 Å². The summed E-state index contributed by atoms with van der Waals surface area (Å²) in [6, 6.07) is 4.97. The molecule has 0 amide bonds. The van der Waals surface area contributed by atoms with Gasteiger partial charge in [0.25, 0.3) is 0 Å². The third-order valence-electron chi connectivity index (χ3n) is 4.29. The van der Waals surface area contributed by atoms with Gasteiger partial charge in [0.2, 0.25) is 0 Å². The minimum absolute atomic E-state index is 0.0773. The molecule has 0 saturated heterocycles. The molecular weight excluding hydrogens is 257 g/mol. The highest BCUT2D eigenvalue weighted by Crippen LogP contribution is 2.27. The minimum atomic E-state index is -0.352. The molecule has 0 aliphatic carbocycles. The first-order valence-corrected chi connectivity index (χ1v) is 7.19. The topological polar surface area (TPSA) is 41.5 Å².